The van der Waals surface area contributed by atoms with Gasteiger partial charge in [0.2, 0.25) is 0 Å². The summed E-state index contributed by atoms with van der Waals surface area (Å²) in [6, 6.07) is 7.87. The van der Waals surface area contributed by atoms with Crippen LogP contribution in [0.5, 0.6) is 0 Å². The highest BCUT2D eigenvalue weighted by Crippen LogP contribution is 2.39. The van der Waals surface area contributed by atoms with E-state index in [1.807, 2.05) is 71.2 Å². The molecule has 0 radical (unpaired) electrons. The first-order chi connectivity index (χ1) is 24.0. The van der Waals surface area contributed by atoms with Crippen LogP contribution in [0.1, 0.15) is 99.8 Å². The molecule has 1 unspecified atom stereocenters. The van der Waals surface area contributed by atoms with Crippen molar-refractivity contribution >= 4 is 17.8 Å². The highest BCUT2D eigenvalue weighted by atomic mass is 16.5. The van der Waals surface area contributed by atoms with Crippen LogP contribution >= 0.6 is 0 Å². The molecule has 1 aliphatic carbocycles. The van der Waals surface area contributed by atoms with Crippen LogP contribution in [0, 0.1) is 10.8 Å². The molecule has 4 aliphatic rings. The van der Waals surface area contributed by atoms with Crippen LogP contribution in [0.4, 0.5) is 4.79 Å². The summed E-state index contributed by atoms with van der Waals surface area (Å²) in [7, 11) is 0. The van der Waals surface area contributed by atoms with Crippen LogP contribution in [-0.2, 0) is 9.47 Å². The number of amides is 2. The number of ether oxygens (including phenoxy) is 2. The van der Waals surface area contributed by atoms with E-state index in [4.69, 9.17) is 31.3 Å². The van der Waals surface area contributed by atoms with Gasteiger partial charge >= 0.3 is 6.03 Å². The quantitative estimate of drug-likeness (QED) is 0.176. The zero-order valence-corrected chi connectivity index (χ0v) is 31.1. The Morgan fingerprint density at radius 3 is 2.54 bits per heavy atom. The lowest BCUT2D eigenvalue weighted by atomic mass is 9.85. The van der Waals surface area contributed by atoms with Gasteiger partial charge < -0.3 is 31.2 Å². The van der Waals surface area contributed by atoms with Crippen molar-refractivity contribution in [2.24, 2.45) is 21.9 Å². The number of hydrogen-bond acceptors (Lipinski definition) is 8. The number of carbonyl (C=O) groups excluding carboxylic acids is 1. The van der Waals surface area contributed by atoms with Gasteiger partial charge in [-0.15, -0.1) is 0 Å². The summed E-state index contributed by atoms with van der Waals surface area (Å²) >= 11 is 0. The van der Waals surface area contributed by atoms with E-state index in [1.165, 1.54) is 6.42 Å². The zero-order valence-electron chi connectivity index (χ0n) is 31.1. The van der Waals surface area contributed by atoms with E-state index in [0.29, 0.717) is 48.7 Å². The van der Waals surface area contributed by atoms with E-state index < -0.39 is 6.17 Å². The summed E-state index contributed by atoms with van der Waals surface area (Å²) < 4.78 is 12.0. The summed E-state index contributed by atoms with van der Waals surface area (Å²) in [5.74, 6) is 1.51. The number of urea groups is 1. The number of allylic oxidation sites excluding steroid dienone is 2. The number of fused-ring (bicyclic) bond motifs is 1. The van der Waals surface area contributed by atoms with Gasteiger partial charge in [0.15, 0.2) is 5.96 Å². The molecule has 1 aromatic rings. The average Bonchev–Trinajstić information content (AvgIpc) is 3.11. The minimum atomic E-state index is -0.425. The summed E-state index contributed by atoms with van der Waals surface area (Å²) in [6.45, 7) is 17.7. The average molecular weight is 696 g/mol. The van der Waals surface area contributed by atoms with Crippen molar-refractivity contribution < 1.29 is 17.1 Å². The Labute approximate surface area is 302 Å². The van der Waals surface area contributed by atoms with Gasteiger partial charge in [0, 0.05) is 46.2 Å². The first-order valence-electron chi connectivity index (χ1n) is 18.4. The minimum absolute atomic E-state index is 0. The van der Waals surface area contributed by atoms with E-state index >= 15 is 0 Å². The van der Waals surface area contributed by atoms with Crippen molar-refractivity contribution in [2.45, 2.75) is 98.0 Å². The molecule has 3 heterocycles. The van der Waals surface area contributed by atoms with Crippen LogP contribution in [-0.4, -0.2) is 90.7 Å². The minimum Gasteiger partial charge on any atom is -0.484 e. The summed E-state index contributed by atoms with van der Waals surface area (Å²) in [6.07, 6.45) is 11.5. The summed E-state index contributed by atoms with van der Waals surface area (Å²) in [5.41, 5.74) is 15.2. The Bertz CT molecular complexity index is 1420. The maximum absolute atomic E-state index is 13.4. The Morgan fingerprint density at radius 2 is 1.84 bits per heavy atom. The van der Waals surface area contributed by atoms with Crippen molar-refractivity contribution in [3.63, 3.8) is 0 Å². The van der Waals surface area contributed by atoms with E-state index in [0.717, 1.165) is 63.4 Å². The third-order valence-corrected chi connectivity index (χ3v) is 9.59. The van der Waals surface area contributed by atoms with Gasteiger partial charge in [0.05, 0.1) is 32.0 Å². The lowest BCUT2D eigenvalue weighted by Crippen LogP contribution is -2.53. The number of benzene rings is 1. The maximum atomic E-state index is 13.4. The first kappa shape index (κ1) is 38.9. The van der Waals surface area contributed by atoms with Crippen molar-refractivity contribution in [2.75, 3.05) is 45.9 Å². The molecule has 50 heavy (non-hydrogen) atoms. The van der Waals surface area contributed by atoms with Gasteiger partial charge in [-0.05, 0) is 68.4 Å². The van der Waals surface area contributed by atoms with Crippen LogP contribution in [0.25, 0.3) is 0 Å². The fraction of sp³-hybridized carbons (Fsp3) is 0.605. The second kappa shape index (κ2) is 18.4. The molecule has 0 aromatic heterocycles. The number of nitrogens with one attached hydrogen (secondary N) is 3. The largest absolute Gasteiger partial charge is 0.484 e. The number of rotatable bonds is 7. The Kier molecular flexibility index (Phi) is 14.3. The Morgan fingerprint density at radius 1 is 1.12 bits per heavy atom. The highest BCUT2D eigenvalue weighted by Gasteiger charge is 2.32. The first-order valence-corrected chi connectivity index (χ1v) is 18.4. The topological polar surface area (TPSA) is 158 Å². The number of carbonyl (C=O) groups is 1. The molecule has 0 saturated carbocycles. The zero-order chi connectivity index (χ0) is 36.3. The van der Waals surface area contributed by atoms with Crippen molar-refractivity contribution in [1.82, 2.24) is 25.3 Å². The number of morpholine rings is 1. The fourth-order valence-electron chi connectivity index (χ4n) is 6.50. The molecule has 2 fully saturated rings. The third-order valence-electron chi connectivity index (χ3n) is 9.59. The number of guanidine groups is 1. The monoisotopic (exact) mass is 696 g/mol. The molecule has 3 aliphatic heterocycles. The Hall–Kier alpha value is -3.87. The van der Waals surface area contributed by atoms with Gasteiger partial charge in [0.1, 0.15) is 23.9 Å². The molecule has 1 aromatic carbocycles. The Balaban J connectivity index is 0.00000230. The van der Waals surface area contributed by atoms with Crippen LogP contribution < -0.4 is 22.1 Å². The lowest BCUT2D eigenvalue weighted by Gasteiger charge is -2.41. The van der Waals surface area contributed by atoms with Crippen molar-refractivity contribution in [1.29, 1.82) is 5.41 Å². The van der Waals surface area contributed by atoms with Crippen LogP contribution in [0.2, 0.25) is 0 Å². The molecule has 12 nitrogen and oxygen atoms in total. The number of hydrogen-bond donors (Lipinski definition) is 5. The SMILES string of the molecule is CC.C[C@H]1CCCCN1C(=N)N1C=C(O[C@@H]2CC[C@H](NC(=O)NC(/C=C(\N)C(C)(C)C)=NCCN3CCOCC3)c3ccccc32)C=CC1N.[HH].[HH]. The van der Waals surface area contributed by atoms with Crippen molar-refractivity contribution in [3.05, 3.63) is 71.3 Å². The van der Waals surface area contributed by atoms with E-state index in [-0.39, 0.29) is 26.4 Å². The van der Waals surface area contributed by atoms with Gasteiger partial charge in [-0.2, -0.15) is 0 Å². The normalized spacial score (nSPS) is 24.7. The molecule has 2 amide bonds. The second-order valence-corrected chi connectivity index (χ2v) is 14.2. The number of aliphatic imine (C=N–C) groups is 1. The molecular formula is C38H65N9O3. The van der Waals surface area contributed by atoms with Crippen molar-refractivity contribution in [3.8, 4) is 0 Å². The molecular weight excluding hydrogens is 630 g/mol. The van der Waals surface area contributed by atoms with Gasteiger partial charge in [-0.3, -0.25) is 25.5 Å². The number of likely N-dealkylation sites (tertiary alicyclic amines) is 1. The van der Waals surface area contributed by atoms with E-state index in [9.17, 15) is 4.79 Å². The number of nitrogens with two attached hydrogens (primary N) is 2. The number of nitrogens with zero attached hydrogens (tertiary/aromatic N) is 4. The molecule has 5 rings (SSSR count). The molecule has 7 N–H and O–H groups in total. The standard InChI is InChI=1S/C36H55N9O3.C2H6.2H2/c1-25-9-7-8-17-44(25)34(39)45-24-26(12-15-32(45)38)48-30-14-13-29(27-10-5-6-11-28(27)30)41-35(46)42-33(23-31(37)36(2,3)4)40-16-18-43-19-21-47-22-20-43;1-2;;/h5-6,10-12,15,23-25,29-30,32,39H,7-9,13-14,16-22,37-38H2,1-4H3,(H2,40,41,42,46);1-2H3;2*1H/b31-23-,39-34?;;;/t25-,29-,30+,32?;;;/m0.../s1. The molecule has 12 heteroatoms. The molecule has 0 spiro atoms. The van der Waals surface area contributed by atoms with Gasteiger partial charge in [-0.25, -0.2) is 4.79 Å². The van der Waals surface area contributed by atoms with Gasteiger partial charge in [-0.1, -0.05) is 58.9 Å². The molecule has 0 bridgehead atoms. The predicted octanol–water partition coefficient (Wildman–Crippen LogP) is 5.82. The molecule has 2 saturated heterocycles. The smallest absolute Gasteiger partial charge is 0.320 e. The third kappa shape index (κ3) is 10.6. The number of piperidine rings is 1. The highest BCUT2D eigenvalue weighted by molar-refractivity contribution is 6.04. The molecule has 280 valence electrons. The fourth-order valence-corrected chi connectivity index (χ4v) is 6.50. The van der Waals surface area contributed by atoms with Crippen LogP contribution in [0.3, 0.4) is 0 Å². The van der Waals surface area contributed by atoms with Gasteiger partial charge in [0.25, 0.3) is 0 Å². The maximum Gasteiger partial charge on any atom is 0.320 e. The van der Waals surface area contributed by atoms with Crippen LogP contribution in [0.15, 0.2) is 65.1 Å². The lowest BCUT2D eigenvalue weighted by molar-refractivity contribution is 0.0394. The molecule has 4 atom stereocenters. The summed E-state index contributed by atoms with van der Waals surface area (Å²) in [5, 5.41) is 15.1. The van der Waals surface area contributed by atoms with E-state index in [1.54, 1.807) is 11.0 Å². The predicted molar refractivity (Wildman–Crippen MR) is 206 cm³/mol. The number of amidine groups is 1. The van der Waals surface area contributed by atoms with E-state index in [2.05, 4.69) is 33.4 Å². The second-order valence-electron chi connectivity index (χ2n) is 14.2. The summed E-state index contributed by atoms with van der Waals surface area (Å²) in [4.78, 5) is 24.4.